The van der Waals surface area contributed by atoms with Gasteiger partial charge in [-0.1, -0.05) is 54.7 Å². The van der Waals surface area contributed by atoms with Crippen molar-refractivity contribution in [3.63, 3.8) is 0 Å². The summed E-state index contributed by atoms with van der Waals surface area (Å²) in [7, 11) is 0. The standard InChI is InChI=1S/C22H28N4OS/c1-3-11-20-24-26(17-10-9-16-25-15-8-7-12-18(25)2)22(28-20)23-21(27)19-13-5-4-6-14-19/h4-6,13-14,18H,3,7-8,11-12,15-17H2,1-2H3. The van der Waals surface area contributed by atoms with Crippen molar-refractivity contribution in [2.45, 2.75) is 58.5 Å². The molecular formula is C22H28N4OS. The Balaban J connectivity index is 1.74. The Morgan fingerprint density at radius 1 is 1.25 bits per heavy atom. The molecule has 1 aromatic carbocycles. The number of nitrogens with zero attached hydrogens (tertiary/aromatic N) is 4. The van der Waals surface area contributed by atoms with Gasteiger partial charge in [0.2, 0.25) is 4.80 Å². The Hall–Kier alpha value is -2.23. The van der Waals surface area contributed by atoms with Crippen molar-refractivity contribution in [3.8, 4) is 11.8 Å². The molecule has 1 fully saturated rings. The zero-order chi connectivity index (χ0) is 19.8. The Morgan fingerprint density at radius 2 is 2.04 bits per heavy atom. The average molecular weight is 397 g/mol. The van der Waals surface area contributed by atoms with E-state index in [-0.39, 0.29) is 5.91 Å². The number of rotatable bonds is 5. The predicted octanol–water partition coefficient (Wildman–Crippen LogP) is 3.52. The minimum Gasteiger partial charge on any atom is -0.290 e. The molecule has 6 heteroatoms. The molecule has 0 saturated carbocycles. The van der Waals surface area contributed by atoms with E-state index in [1.807, 2.05) is 18.2 Å². The predicted molar refractivity (Wildman–Crippen MR) is 113 cm³/mol. The highest BCUT2D eigenvalue weighted by atomic mass is 32.1. The van der Waals surface area contributed by atoms with Crippen LogP contribution in [0, 0.1) is 11.8 Å². The fraction of sp³-hybridized carbons (Fsp3) is 0.500. The lowest BCUT2D eigenvalue weighted by Crippen LogP contribution is -2.37. The van der Waals surface area contributed by atoms with Crippen LogP contribution in [0.4, 0.5) is 0 Å². The number of aryl methyl sites for hydroxylation is 1. The van der Waals surface area contributed by atoms with Crippen LogP contribution in [0.1, 0.15) is 54.9 Å². The van der Waals surface area contributed by atoms with Crippen molar-refractivity contribution in [2.24, 2.45) is 4.99 Å². The van der Waals surface area contributed by atoms with Crippen LogP contribution in [0.15, 0.2) is 35.3 Å². The van der Waals surface area contributed by atoms with Gasteiger partial charge in [0.1, 0.15) is 11.6 Å². The number of likely N-dealkylation sites (tertiary alicyclic amines) is 1. The molecule has 1 aromatic heterocycles. The third-order valence-corrected chi connectivity index (χ3v) is 5.93. The van der Waals surface area contributed by atoms with Gasteiger partial charge in [-0.2, -0.15) is 10.1 Å². The number of carbonyl (C=O) groups is 1. The normalized spacial score (nSPS) is 17.9. The third-order valence-electron chi connectivity index (χ3n) is 4.92. The quantitative estimate of drug-likeness (QED) is 0.727. The van der Waals surface area contributed by atoms with Crippen molar-refractivity contribution in [2.75, 3.05) is 13.1 Å². The first kappa shape index (κ1) is 20.5. The van der Waals surface area contributed by atoms with Crippen LogP contribution in [-0.4, -0.2) is 39.7 Å². The van der Waals surface area contributed by atoms with Gasteiger partial charge in [0, 0.05) is 18.0 Å². The molecule has 2 aromatic rings. The van der Waals surface area contributed by atoms with Crippen LogP contribution < -0.4 is 4.80 Å². The van der Waals surface area contributed by atoms with E-state index in [1.165, 1.54) is 30.6 Å². The summed E-state index contributed by atoms with van der Waals surface area (Å²) in [4.78, 5) is 19.8. The van der Waals surface area contributed by atoms with E-state index in [0.717, 1.165) is 30.9 Å². The lowest BCUT2D eigenvalue weighted by Gasteiger charge is -2.31. The molecule has 148 valence electrons. The zero-order valence-electron chi connectivity index (χ0n) is 16.7. The van der Waals surface area contributed by atoms with E-state index in [4.69, 9.17) is 0 Å². The molecule has 2 heterocycles. The number of amides is 1. The van der Waals surface area contributed by atoms with Gasteiger partial charge in [-0.05, 0) is 44.9 Å². The fourth-order valence-electron chi connectivity index (χ4n) is 3.27. The summed E-state index contributed by atoms with van der Waals surface area (Å²) in [5, 5.41) is 5.61. The van der Waals surface area contributed by atoms with E-state index in [9.17, 15) is 4.79 Å². The Morgan fingerprint density at radius 3 is 2.79 bits per heavy atom. The molecule has 1 amide bonds. The van der Waals surface area contributed by atoms with Crippen molar-refractivity contribution < 1.29 is 4.79 Å². The Kier molecular flexibility index (Phi) is 7.58. The highest BCUT2D eigenvalue weighted by molar-refractivity contribution is 7.08. The first-order valence-corrected chi connectivity index (χ1v) is 10.9. The maximum absolute atomic E-state index is 12.5. The van der Waals surface area contributed by atoms with Crippen LogP contribution in [0.5, 0.6) is 0 Å². The van der Waals surface area contributed by atoms with E-state index in [2.05, 4.69) is 40.7 Å². The summed E-state index contributed by atoms with van der Waals surface area (Å²) in [5.74, 6) is 6.26. The molecule has 0 radical (unpaired) electrons. The lowest BCUT2D eigenvalue weighted by molar-refractivity contribution is 0.0997. The molecule has 1 atom stereocenters. The van der Waals surface area contributed by atoms with Gasteiger partial charge < -0.3 is 0 Å². The monoisotopic (exact) mass is 396 g/mol. The molecular weight excluding hydrogens is 368 g/mol. The summed E-state index contributed by atoms with van der Waals surface area (Å²) >= 11 is 1.48. The molecule has 1 saturated heterocycles. The highest BCUT2D eigenvalue weighted by Gasteiger charge is 2.16. The molecule has 0 aliphatic carbocycles. The highest BCUT2D eigenvalue weighted by Crippen LogP contribution is 2.15. The number of piperidine rings is 1. The Bertz CT molecular complexity index is 904. The van der Waals surface area contributed by atoms with Crippen LogP contribution in [0.3, 0.4) is 0 Å². The number of hydrogen-bond acceptors (Lipinski definition) is 4. The van der Waals surface area contributed by atoms with E-state index < -0.39 is 0 Å². The largest absolute Gasteiger partial charge is 0.290 e. The topological polar surface area (TPSA) is 50.5 Å². The van der Waals surface area contributed by atoms with E-state index >= 15 is 0 Å². The van der Waals surface area contributed by atoms with Crippen molar-refractivity contribution >= 4 is 17.2 Å². The molecule has 28 heavy (non-hydrogen) atoms. The van der Waals surface area contributed by atoms with Gasteiger partial charge in [-0.25, -0.2) is 4.68 Å². The van der Waals surface area contributed by atoms with Crippen LogP contribution >= 0.6 is 11.3 Å². The van der Waals surface area contributed by atoms with Crippen LogP contribution in [0.2, 0.25) is 0 Å². The molecule has 1 unspecified atom stereocenters. The van der Waals surface area contributed by atoms with Gasteiger partial charge >= 0.3 is 0 Å². The average Bonchev–Trinajstić information content (AvgIpc) is 3.08. The van der Waals surface area contributed by atoms with Crippen LogP contribution in [0.25, 0.3) is 0 Å². The first-order chi connectivity index (χ1) is 13.7. The zero-order valence-corrected chi connectivity index (χ0v) is 17.5. The number of benzene rings is 1. The van der Waals surface area contributed by atoms with Gasteiger partial charge in [0.05, 0.1) is 6.54 Å². The first-order valence-electron chi connectivity index (χ1n) is 10.1. The summed E-state index contributed by atoms with van der Waals surface area (Å²) in [6.07, 6.45) is 5.74. The molecule has 3 rings (SSSR count). The molecule has 1 aliphatic rings. The smallest absolute Gasteiger partial charge is 0.279 e. The van der Waals surface area contributed by atoms with Gasteiger partial charge in [-0.3, -0.25) is 9.69 Å². The van der Waals surface area contributed by atoms with Gasteiger partial charge in [0.15, 0.2) is 0 Å². The van der Waals surface area contributed by atoms with Gasteiger partial charge in [-0.15, -0.1) is 0 Å². The second-order valence-electron chi connectivity index (χ2n) is 7.14. The molecule has 0 N–H and O–H groups in total. The van der Waals surface area contributed by atoms with E-state index in [0.29, 0.717) is 23.0 Å². The molecule has 5 nitrogen and oxygen atoms in total. The van der Waals surface area contributed by atoms with Crippen molar-refractivity contribution in [1.29, 1.82) is 0 Å². The third kappa shape index (κ3) is 5.63. The summed E-state index contributed by atoms with van der Waals surface area (Å²) in [5.41, 5.74) is 0.588. The molecule has 0 spiro atoms. The second kappa shape index (κ2) is 10.4. The van der Waals surface area contributed by atoms with E-state index in [1.54, 1.807) is 16.8 Å². The second-order valence-corrected chi connectivity index (χ2v) is 8.18. The summed E-state index contributed by atoms with van der Waals surface area (Å²) < 4.78 is 1.77. The van der Waals surface area contributed by atoms with Gasteiger partial charge in [0.25, 0.3) is 5.91 Å². The van der Waals surface area contributed by atoms with Crippen LogP contribution in [-0.2, 0) is 13.0 Å². The lowest BCUT2D eigenvalue weighted by atomic mass is 10.0. The minimum atomic E-state index is -0.240. The fourth-order valence-corrected chi connectivity index (χ4v) is 4.26. The number of carbonyl (C=O) groups excluding carboxylic acids is 1. The number of hydrogen-bond donors (Lipinski definition) is 0. The summed E-state index contributed by atoms with van der Waals surface area (Å²) in [6.45, 7) is 6.79. The SMILES string of the molecule is CCCc1nn(CC#CCN2CCCCC2C)c(=NC(=O)c2ccccc2)s1. The van der Waals surface area contributed by atoms with Crippen molar-refractivity contribution in [3.05, 3.63) is 45.7 Å². The maximum Gasteiger partial charge on any atom is 0.279 e. The molecule has 1 aliphatic heterocycles. The van der Waals surface area contributed by atoms with Crippen molar-refractivity contribution in [1.82, 2.24) is 14.7 Å². The maximum atomic E-state index is 12.5. The summed E-state index contributed by atoms with van der Waals surface area (Å²) in [6, 6.07) is 9.76. The molecule has 0 bridgehead atoms. The minimum absolute atomic E-state index is 0.240. The Labute approximate surface area is 171 Å². The number of aromatic nitrogens is 2.